The van der Waals surface area contributed by atoms with Crippen LogP contribution in [0.5, 0.6) is 0 Å². The first-order chi connectivity index (χ1) is 6.70. The third-order valence-electron chi connectivity index (χ3n) is 2.30. The predicted octanol–water partition coefficient (Wildman–Crippen LogP) is 2.75. The molecule has 0 aromatic rings. The van der Waals surface area contributed by atoms with Gasteiger partial charge in [0.1, 0.15) is 0 Å². The van der Waals surface area contributed by atoms with Crippen molar-refractivity contribution in [3.63, 3.8) is 0 Å². The standard InChI is InChI=1S/C11H21NO2/c1-3-5-6-10(4-2)9-12-8-7-11(13)14/h8,10H,3-7,9H2,1-2H3,(H,13,14). The van der Waals surface area contributed by atoms with Gasteiger partial charge in [0, 0.05) is 12.8 Å². The van der Waals surface area contributed by atoms with Crippen LogP contribution in [0, 0.1) is 5.92 Å². The summed E-state index contributed by atoms with van der Waals surface area (Å²) < 4.78 is 0. The highest BCUT2D eigenvalue weighted by molar-refractivity contribution is 5.84. The summed E-state index contributed by atoms with van der Waals surface area (Å²) in [5.41, 5.74) is 0. The molecule has 3 heteroatoms. The Balaban J connectivity index is 3.60. The van der Waals surface area contributed by atoms with E-state index in [1.165, 1.54) is 25.5 Å². The van der Waals surface area contributed by atoms with Gasteiger partial charge in [-0.05, 0) is 12.3 Å². The fourth-order valence-electron chi connectivity index (χ4n) is 1.28. The van der Waals surface area contributed by atoms with Gasteiger partial charge >= 0.3 is 5.97 Å². The van der Waals surface area contributed by atoms with Crippen LogP contribution in [0.1, 0.15) is 46.0 Å². The second-order valence-corrected chi connectivity index (χ2v) is 3.56. The van der Waals surface area contributed by atoms with Crippen LogP contribution < -0.4 is 0 Å². The molecule has 0 heterocycles. The van der Waals surface area contributed by atoms with Crippen molar-refractivity contribution in [1.82, 2.24) is 0 Å². The van der Waals surface area contributed by atoms with Crippen molar-refractivity contribution >= 4 is 12.2 Å². The SMILES string of the molecule is CCCCC(CC)CN=CCC(=O)O. The highest BCUT2D eigenvalue weighted by Gasteiger charge is 2.03. The summed E-state index contributed by atoms with van der Waals surface area (Å²) >= 11 is 0. The number of hydrogen-bond acceptors (Lipinski definition) is 2. The zero-order chi connectivity index (χ0) is 10.8. The fraction of sp³-hybridized carbons (Fsp3) is 0.818. The monoisotopic (exact) mass is 199 g/mol. The maximum absolute atomic E-state index is 10.2. The number of carboxylic acid groups (broad SMARTS) is 1. The molecule has 0 aromatic carbocycles. The lowest BCUT2D eigenvalue weighted by Crippen LogP contribution is -2.04. The highest BCUT2D eigenvalue weighted by atomic mass is 16.4. The molecular formula is C11H21NO2. The second-order valence-electron chi connectivity index (χ2n) is 3.56. The molecule has 0 radical (unpaired) electrons. The molecule has 1 atom stereocenters. The molecule has 0 amide bonds. The molecule has 0 bridgehead atoms. The summed E-state index contributed by atoms with van der Waals surface area (Å²) in [6, 6.07) is 0. The largest absolute Gasteiger partial charge is 0.481 e. The first-order valence-corrected chi connectivity index (χ1v) is 5.40. The van der Waals surface area contributed by atoms with E-state index >= 15 is 0 Å². The van der Waals surface area contributed by atoms with Crippen molar-refractivity contribution in [2.75, 3.05) is 6.54 Å². The van der Waals surface area contributed by atoms with Gasteiger partial charge in [0.25, 0.3) is 0 Å². The number of rotatable bonds is 8. The van der Waals surface area contributed by atoms with E-state index in [4.69, 9.17) is 5.11 Å². The molecule has 0 aliphatic heterocycles. The van der Waals surface area contributed by atoms with Crippen LogP contribution in [-0.4, -0.2) is 23.8 Å². The van der Waals surface area contributed by atoms with Gasteiger partial charge in [-0.1, -0.05) is 33.1 Å². The molecule has 82 valence electrons. The third kappa shape index (κ3) is 7.77. The summed E-state index contributed by atoms with van der Waals surface area (Å²) in [4.78, 5) is 14.3. The quantitative estimate of drug-likeness (QED) is 0.611. The summed E-state index contributed by atoms with van der Waals surface area (Å²) in [5, 5.41) is 8.39. The predicted molar refractivity (Wildman–Crippen MR) is 58.9 cm³/mol. The third-order valence-corrected chi connectivity index (χ3v) is 2.30. The van der Waals surface area contributed by atoms with Crippen LogP contribution >= 0.6 is 0 Å². The Labute approximate surface area is 86.2 Å². The van der Waals surface area contributed by atoms with Crippen LogP contribution in [0.4, 0.5) is 0 Å². The van der Waals surface area contributed by atoms with Gasteiger partial charge in [-0.15, -0.1) is 0 Å². The van der Waals surface area contributed by atoms with E-state index in [1.807, 2.05) is 0 Å². The fourth-order valence-corrected chi connectivity index (χ4v) is 1.28. The van der Waals surface area contributed by atoms with E-state index in [9.17, 15) is 4.79 Å². The molecule has 0 rings (SSSR count). The van der Waals surface area contributed by atoms with Gasteiger partial charge in [-0.3, -0.25) is 9.79 Å². The first kappa shape index (κ1) is 13.1. The Morgan fingerprint density at radius 1 is 1.50 bits per heavy atom. The summed E-state index contributed by atoms with van der Waals surface area (Å²) in [7, 11) is 0. The van der Waals surface area contributed by atoms with Gasteiger partial charge in [-0.2, -0.15) is 0 Å². The van der Waals surface area contributed by atoms with Crippen LogP contribution in [0.2, 0.25) is 0 Å². The van der Waals surface area contributed by atoms with Gasteiger partial charge in [-0.25, -0.2) is 0 Å². The van der Waals surface area contributed by atoms with Crippen LogP contribution in [0.15, 0.2) is 4.99 Å². The second kappa shape index (κ2) is 8.73. The zero-order valence-electron chi connectivity index (χ0n) is 9.20. The van der Waals surface area contributed by atoms with Crippen molar-refractivity contribution in [1.29, 1.82) is 0 Å². The molecule has 14 heavy (non-hydrogen) atoms. The first-order valence-electron chi connectivity index (χ1n) is 5.40. The number of nitrogens with zero attached hydrogens (tertiary/aromatic N) is 1. The minimum absolute atomic E-state index is 0.0458. The number of aliphatic imine (C=N–C) groups is 1. The van der Waals surface area contributed by atoms with Crippen molar-refractivity contribution < 1.29 is 9.90 Å². The number of hydrogen-bond donors (Lipinski definition) is 1. The van der Waals surface area contributed by atoms with E-state index in [-0.39, 0.29) is 6.42 Å². The normalized spacial score (nSPS) is 13.3. The Bertz CT molecular complexity index is 178. The Hall–Kier alpha value is -0.860. The molecule has 1 unspecified atom stereocenters. The van der Waals surface area contributed by atoms with E-state index in [2.05, 4.69) is 18.8 Å². The molecule has 0 saturated heterocycles. The molecule has 0 aliphatic carbocycles. The summed E-state index contributed by atoms with van der Waals surface area (Å²) in [6.45, 7) is 5.12. The van der Waals surface area contributed by atoms with Crippen LogP contribution in [0.3, 0.4) is 0 Å². The summed E-state index contributed by atoms with van der Waals surface area (Å²) in [5.74, 6) is -0.185. The van der Waals surface area contributed by atoms with Crippen molar-refractivity contribution in [3.8, 4) is 0 Å². The van der Waals surface area contributed by atoms with Gasteiger partial charge in [0.2, 0.25) is 0 Å². The van der Waals surface area contributed by atoms with E-state index in [1.54, 1.807) is 0 Å². The minimum atomic E-state index is -0.810. The van der Waals surface area contributed by atoms with Gasteiger partial charge < -0.3 is 5.11 Å². The van der Waals surface area contributed by atoms with E-state index in [0.29, 0.717) is 5.92 Å². The molecule has 3 nitrogen and oxygen atoms in total. The number of aliphatic carboxylic acids is 1. The van der Waals surface area contributed by atoms with Crippen molar-refractivity contribution in [2.45, 2.75) is 46.0 Å². The highest BCUT2D eigenvalue weighted by Crippen LogP contribution is 2.12. The average molecular weight is 199 g/mol. The van der Waals surface area contributed by atoms with Crippen molar-refractivity contribution in [3.05, 3.63) is 0 Å². The average Bonchev–Trinajstić information content (AvgIpc) is 2.16. The lowest BCUT2D eigenvalue weighted by molar-refractivity contribution is -0.135. The maximum atomic E-state index is 10.2. The van der Waals surface area contributed by atoms with Crippen molar-refractivity contribution in [2.24, 2.45) is 10.9 Å². The van der Waals surface area contributed by atoms with Gasteiger partial charge in [0.05, 0.1) is 6.42 Å². The smallest absolute Gasteiger partial charge is 0.308 e. The molecule has 0 aromatic heterocycles. The van der Waals surface area contributed by atoms with E-state index in [0.717, 1.165) is 13.0 Å². The van der Waals surface area contributed by atoms with Crippen LogP contribution in [0.25, 0.3) is 0 Å². The topological polar surface area (TPSA) is 49.7 Å². The molecule has 0 aliphatic rings. The Morgan fingerprint density at radius 3 is 2.71 bits per heavy atom. The number of unbranched alkanes of at least 4 members (excludes halogenated alkanes) is 1. The van der Waals surface area contributed by atoms with E-state index < -0.39 is 5.97 Å². The lowest BCUT2D eigenvalue weighted by Gasteiger charge is -2.10. The summed E-state index contributed by atoms with van der Waals surface area (Å²) in [6.07, 6.45) is 6.35. The lowest BCUT2D eigenvalue weighted by atomic mass is 10.00. The van der Waals surface area contributed by atoms with Gasteiger partial charge in [0.15, 0.2) is 0 Å². The van der Waals surface area contributed by atoms with Crippen LogP contribution in [-0.2, 0) is 4.79 Å². The zero-order valence-corrected chi connectivity index (χ0v) is 9.20. The molecule has 0 fully saturated rings. The molecule has 0 spiro atoms. The molecule has 1 N–H and O–H groups in total. The number of carboxylic acids is 1. The molecule has 0 saturated carbocycles. The maximum Gasteiger partial charge on any atom is 0.308 e. The number of carbonyl (C=O) groups is 1. The molecular weight excluding hydrogens is 178 g/mol. The Morgan fingerprint density at radius 2 is 2.21 bits per heavy atom. The minimum Gasteiger partial charge on any atom is -0.481 e. The Kier molecular flexibility index (Phi) is 8.19.